The molecule has 0 saturated heterocycles. The lowest BCUT2D eigenvalue weighted by Crippen LogP contribution is -2.40. The van der Waals surface area contributed by atoms with Crippen LogP contribution in [0.4, 0.5) is 5.69 Å². The Morgan fingerprint density at radius 3 is 2.84 bits per heavy atom. The van der Waals surface area contributed by atoms with E-state index in [1.54, 1.807) is 4.90 Å². The van der Waals surface area contributed by atoms with Crippen LogP contribution in [0.5, 0.6) is 5.75 Å². The number of para-hydroxylation sites is 2. The van der Waals surface area contributed by atoms with Gasteiger partial charge in [0.1, 0.15) is 12.4 Å². The Kier molecular flexibility index (Phi) is 5.03. The molecule has 5 nitrogen and oxygen atoms in total. The number of esters is 1. The smallest absolute Gasteiger partial charge is 0.307 e. The summed E-state index contributed by atoms with van der Waals surface area (Å²) < 4.78 is 10.8. The van der Waals surface area contributed by atoms with Gasteiger partial charge in [0.25, 0.3) is 5.91 Å². The first-order chi connectivity index (χ1) is 12.0. The zero-order chi connectivity index (χ0) is 17.8. The molecular weight excluding hydrogens is 318 g/mol. The first-order valence-corrected chi connectivity index (χ1v) is 8.28. The second-order valence-electron chi connectivity index (χ2n) is 6.14. The van der Waals surface area contributed by atoms with Gasteiger partial charge in [-0.25, -0.2) is 0 Å². The van der Waals surface area contributed by atoms with Crippen molar-refractivity contribution in [3.8, 4) is 5.75 Å². The molecular formula is C20H21NO4. The summed E-state index contributed by atoms with van der Waals surface area (Å²) in [4.78, 5) is 25.7. The van der Waals surface area contributed by atoms with Gasteiger partial charge in [0, 0.05) is 6.54 Å². The van der Waals surface area contributed by atoms with E-state index in [-0.39, 0.29) is 38.1 Å². The van der Waals surface area contributed by atoms with Gasteiger partial charge < -0.3 is 14.4 Å². The van der Waals surface area contributed by atoms with Gasteiger partial charge in [-0.1, -0.05) is 35.9 Å². The lowest BCUT2D eigenvalue weighted by atomic mass is 10.1. The highest BCUT2D eigenvalue weighted by atomic mass is 16.5. The van der Waals surface area contributed by atoms with Gasteiger partial charge in [0.05, 0.1) is 12.1 Å². The molecule has 2 aromatic rings. The fourth-order valence-electron chi connectivity index (χ4n) is 2.79. The molecule has 1 aliphatic rings. The number of anilines is 1. The van der Waals surface area contributed by atoms with Crippen molar-refractivity contribution in [2.24, 2.45) is 0 Å². The number of fused-ring (bicyclic) bond motifs is 1. The molecule has 0 saturated carbocycles. The third-order valence-electron chi connectivity index (χ3n) is 4.24. The van der Waals surface area contributed by atoms with Crippen LogP contribution in [0.1, 0.15) is 23.1 Å². The summed E-state index contributed by atoms with van der Waals surface area (Å²) in [6.45, 7) is 4.53. The Labute approximate surface area is 147 Å². The molecule has 25 heavy (non-hydrogen) atoms. The SMILES string of the molecule is Cc1ccc(C)c(COC(=O)CCN2C(=O)COc3ccccc32)c1. The van der Waals surface area contributed by atoms with Crippen LogP contribution in [0.3, 0.4) is 0 Å². The summed E-state index contributed by atoms with van der Waals surface area (Å²) in [5, 5.41) is 0. The minimum atomic E-state index is -0.322. The van der Waals surface area contributed by atoms with E-state index in [4.69, 9.17) is 9.47 Å². The van der Waals surface area contributed by atoms with Crippen molar-refractivity contribution in [2.45, 2.75) is 26.9 Å². The van der Waals surface area contributed by atoms with Gasteiger partial charge in [-0.2, -0.15) is 0 Å². The maximum absolute atomic E-state index is 12.1. The quantitative estimate of drug-likeness (QED) is 0.785. The third kappa shape index (κ3) is 3.99. The van der Waals surface area contributed by atoms with Gasteiger partial charge in [-0.15, -0.1) is 0 Å². The molecule has 1 heterocycles. The summed E-state index contributed by atoms with van der Waals surface area (Å²) in [7, 11) is 0. The molecule has 3 rings (SSSR count). The minimum Gasteiger partial charge on any atom is -0.482 e. The largest absolute Gasteiger partial charge is 0.482 e. The first-order valence-electron chi connectivity index (χ1n) is 8.28. The highest BCUT2D eigenvalue weighted by Crippen LogP contribution is 2.31. The van der Waals surface area contributed by atoms with Crippen LogP contribution in [-0.2, 0) is 20.9 Å². The van der Waals surface area contributed by atoms with Crippen LogP contribution < -0.4 is 9.64 Å². The fraction of sp³-hybridized carbons (Fsp3) is 0.300. The van der Waals surface area contributed by atoms with Crippen molar-refractivity contribution in [3.63, 3.8) is 0 Å². The number of hydrogen-bond acceptors (Lipinski definition) is 4. The third-order valence-corrected chi connectivity index (χ3v) is 4.24. The number of aryl methyl sites for hydroxylation is 2. The molecule has 2 aromatic carbocycles. The number of rotatable bonds is 5. The predicted octanol–water partition coefficient (Wildman–Crippen LogP) is 3.16. The zero-order valence-corrected chi connectivity index (χ0v) is 14.5. The van der Waals surface area contributed by atoms with Gasteiger partial charge in [0.2, 0.25) is 0 Å². The van der Waals surface area contributed by atoms with Crippen molar-refractivity contribution in [1.29, 1.82) is 0 Å². The average Bonchev–Trinajstić information content (AvgIpc) is 2.61. The summed E-state index contributed by atoms with van der Waals surface area (Å²) in [5.41, 5.74) is 3.92. The lowest BCUT2D eigenvalue weighted by molar-refractivity contribution is -0.144. The van der Waals surface area contributed by atoms with Gasteiger partial charge in [-0.3, -0.25) is 9.59 Å². The van der Waals surface area contributed by atoms with Crippen molar-refractivity contribution in [1.82, 2.24) is 0 Å². The Hall–Kier alpha value is -2.82. The molecule has 130 valence electrons. The van der Waals surface area contributed by atoms with Crippen molar-refractivity contribution in [2.75, 3.05) is 18.1 Å². The monoisotopic (exact) mass is 339 g/mol. The Morgan fingerprint density at radius 1 is 1.20 bits per heavy atom. The van der Waals surface area contributed by atoms with E-state index in [1.165, 1.54) is 0 Å². The first kappa shape index (κ1) is 17.0. The standard InChI is InChI=1S/C20H21NO4/c1-14-7-8-15(2)16(11-14)12-25-20(23)9-10-21-17-5-3-4-6-18(17)24-13-19(21)22/h3-8,11H,9-10,12-13H2,1-2H3. The topological polar surface area (TPSA) is 55.8 Å². The normalized spacial score (nSPS) is 13.2. The van der Waals surface area contributed by atoms with Crippen molar-refractivity contribution in [3.05, 3.63) is 59.2 Å². The van der Waals surface area contributed by atoms with Gasteiger partial charge in [-0.05, 0) is 37.1 Å². The Bertz CT molecular complexity index is 800. The number of amides is 1. The molecule has 0 atom stereocenters. The summed E-state index contributed by atoms with van der Waals surface area (Å²) >= 11 is 0. The highest BCUT2D eigenvalue weighted by Gasteiger charge is 2.25. The summed E-state index contributed by atoms with van der Waals surface area (Å²) in [6.07, 6.45) is 0.144. The van der Waals surface area contributed by atoms with E-state index >= 15 is 0 Å². The van der Waals surface area contributed by atoms with Crippen LogP contribution in [0.15, 0.2) is 42.5 Å². The number of nitrogens with zero attached hydrogens (tertiary/aromatic N) is 1. The van der Waals surface area contributed by atoms with Crippen LogP contribution in [0, 0.1) is 13.8 Å². The van der Waals surface area contributed by atoms with E-state index < -0.39 is 0 Å². The second-order valence-corrected chi connectivity index (χ2v) is 6.14. The van der Waals surface area contributed by atoms with E-state index in [9.17, 15) is 9.59 Å². The van der Waals surface area contributed by atoms with E-state index in [1.807, 2.05) is 56.3 Å². The molecule has 5 heteroatoms. The van der Waals surface area contributed by atoms with Crippen LogP contribution in [0.25, 0.3) is 0 Å². The maximum atomic E-state index is 12.1. The number of ether oxygens (including phenoxy) is 2. The maximum Gasteiger partial charge on any atom is 0.307 e. The van der Waals surface area contributed by atoms with E-state index in [0.29, 0.717) is 11.4 Å². The number of carbonyl (C=O) groups excluding carboxylic acids is 2. The second kappa shape index (κ2) is 7.38. The van der Waals surface area contributed by atoms with E-state index in [2.05, 4.69) is 0 Å². The molecule has 1 aliphatic heterocycles. The highest BCUT2D eigenvalue weighted by molar-refractivity contribution is 5.98. The van der Waals surface area contributed by atoms with Crippen LogP contribution in [0.2, 0.25) is 0 Å². The van der Waals surface area contributed by atoms with E-state index in [0.717, 1.165) is 16.7 Å². The molecule has 0 aromatic heterocycles. The summed E-state index contributed by atoms with van der Waals surface area (Å²) in [6, 6.07) is 13.4. The number of hydrogen-bond donors (Lipinski definition) is 0. The van der Waals surface area contributed by atoms with Crippen LogP contribution in [-0.4, -0.2) is 25.0 Å². The number of carbonyl (C=O) groups is 2. The minimum absolute atomic E-state index is 0.00541. The molecule has 0 radical (unpaired) electrons. The van der Waals surface area contributed by atoms with Crippen molar-refractivity contribution >= 4 is 17.6 Å². The number of benzene rings is 2. The summed E-state index contributed by atoms with van der Waals surface area (Å²) in [5.74, 6) is 0.185. The molecule has 0 fully saturated rings. The van der Waals surface area contributed by atoms with Gasteiger partial charge >= 0.3 is 5.97 Å². The Morgan fingerprint density at radius 2 is 2.00 bits per heavy atom. The zero-order valence-electron chi connectivity index (χ0n) is 14.5. The molecule has 0 aliphatic carbocycles. The molecule has 1 amide bonds. The molecule has 0 unspecified atom stereocenters. The fourth-order valence-corrected chi connectivity index (χ4v) is 2.79. The predicted molar refractivity (Wildman–Crippen MR) is 94.6 cm³/mol. The Balaban J connectivity index is 1.57. The van der Waals surface area contributed by atoms with Crippen molar-refractivity contribution < 1.29 is 19.1 Å². The molecule has 0 N–H and O–H groups in total. The molecule has 0 bridgehead atoms. The van der Waals surface area contributed by atoms with Gasteiger partial charge in [0.15, 0.2) is 6.61 Å². The molecule has 0 spiro atoms. The average molecular weight is 339 g/mol. The van der Waals surface area contributed by atoms with Crippen LogP contribution >= 0.6 is 0 Å². The lowest BCUT2D eigenvalue weighted by Gasteiger charge is -2.29.